The number of nitrogens with one attached hydrogen (secondary N) is 1. The second-order valence-electron chi connectivity index (χ2n) is 7.82. The summed E-state index contributed by atoms with van der Waals surface area (Å²) < 4.78 is 46.7. The number of hydrogen-bond donors (Lipinski definition) is 1. The normalized spacial score (nSPS) is 15.8. The van der Waals surface area contributed by atoms with Gasteiger partial charge in [0.15, 0.2) is 0 Å². The van der Waals surface area contributed by atoms with Crippen LogP contribution in [0.15, 0.2) is 65.6 Å². The number of sulfonamides is 1. The van der Waals surface area contributed by atoms with Gasteiger partial charge in [-0.15, -0.1) is 0 Å². The molecule has 0 bridgehead atoms. The summed E-state index contributed by atoms with van der Waals surface area (Å²) >= 11 is 0. The number of carbonyl (C=O) groups is 1. The number of halogens is 1. The summed E-state index contributed by atoms with van der Waals surface area (Å²) in [5.74, 6) is -1.48. The van der Waals surface area contributed by atoms with E-state index in [0.29, 0.717) is 18.9 Å². The molecular formula is C24H21FN2O4S. The van der Waals surface area contributed by atoms with Crippen LogP contribution in [0.4, 0.5) is 10.1 Å². The molecule has 1 N–H and O–H groups in total. The molecule has 32 heavy (non-hydrogen) atoms. The molecule has 1 aliphatic heterocycles. The molecule has 3 aromatic carbocycles. The Balaban J connectivity index is 1.39. The fourth-order valence-corrected chi connectivity index (χ4v) is 5.63. The molecule has 1 fully saturated rings. The largest absolute Gasteiger partial charge is 0.379 e. The topological polar surface area (TPSA) is 75.7 Å². The first-order chi connectivity index (χ1) is 15.4. The lowest BCUT2D eigenvalue weighted by Gasteiger charge is -2.26. The number of hydrogen-bond acceptors (Lipinski definition) is 4. The Hall–Kier alpha value is -3.07. The van der Waals surface area contributed by atoms with Gasteiger partial charge in [-0.3, -0.25) is 4.79 Å². The van der Waals surface area contributed by atoms with Gasteiger partial charge < -0.3 is 10.1 Å². The summed E-state index contributed by atoms with van der Waals surface area (Å²) in [4.78, 5) is 12.7. The third-order valence-corrected chi connectivity index (χ3v) is 7.74. The summed E-state index contributed by atoms with van der Waals surface area (Å²) in [6.45, 7) is 1.05. The number of carbonyl (C=O) groups excluding carboxylic acids is 1. The zero-order valence-electron chi connectivity index (χ0n) is 17.2. The minimum absolute atomic E-state index is 0.115. The van der Waals surface area contributed by atoms with Crippen molar-refractivity contribution in [2.24, 2.45) is 0 Å². The Morgan fingerprint density at radius 2 is 1.69 bits per heavy atom. The van der Waals surface area contributed by atoms with E-state index in [4.69, 9.17) is 4.74 Å². The van der Waals surface area contributed by atoms with Gasteiger partial charge in [0.1, 0.15) is 5.82 Å². The Kier molecular flexibility index (Phi) is 5.28. The maximum Gasteiger partial charge on any atom is 0.258 e. The molecule has 164 valence electrons. The second-order valence-corrected chi connectivity index (χ2v) is 9.76. The van der Waals surface area contributed by atoms with Gasteiger partial charge in [0.05, 0.1) is 23.7 Å². The van der Waals surface area contributed by atoms with Crippen molar-refractivity contribution in [3.63, 3.8) is 0 Å². The van der Waals surface area contributed by atoms with E-state index < -0.39 is 21.7 Å². The van der Waals surface area contributed by atoms with Gasteiger partial charge in [-0.05, 0) is 59.0 Å². The lowest BCUT2D eigenvalue weighted by atomic mass is 10.1. The molecular weight excluding hydrogens is 431 g/mol. The first-order valence-corrected chi connectivity index (χ1v) is 11.8. The Morgan fingerprint density at radius 1 is 0.938 bits per heavy atom. The van der Waals surface area contributed by atoms with E-state index in [1.54, 1.807) is 6.07 Å². The third-order valence-electron chi connectivity index (χ3n) is 5.84. The summed E-state index contributed by atoms with van der Waals surface area (Å²) in [5.41, 5.74) is 4.80. The van der Waals surface area contributed by atoms with Crippen LogP contribution in [-0.2, 0) is 21.2 Å². The van der Waals surface area contributed by atoms with E-state index in [9.17, 15) is 17.6 Å². The molecule has 0 unspecified atom stereocenters. The van der Waals surface area contributed by atoms with E-state index in [2.05, 4.69) is 17.4 Å². The molecule has 0 aromatic heterocycles. The van der Waals surface area contributed by atoms with Gasteiger partial charge in [0.2, 0.25) is 10.0 Å². The van der Waals surface area contributed by atoms with Gasteiger partial charge in [0.25, 0.3) is 5.91 Å². The molecule has 1 heterocycles. The van der Waals surface area contributed by atoms with Crippen LogP contribution < -0.4 is 5.32 Å². The minimum atomic E-state index is -3.84. The number of benzene rings is 3. The van der Waals surface area contributed by atoms with Crippen molar-refractivity contribution in [1.82, 2.24) is 4.31 Å². The fraction of sp³-hybridized carbons (Fsp3) is 0.208. The highest BCUT2D eigenvalue weighted by atomic mass is 32.2. The molecule has 1 aliphatic carbocycles. The lowest BCUT2D eigenvalue weighted by Crippen LogP contribution is -2.40. The number of fused-ring (bicyclic) bond motifs is 3. The molecule has 6 nitrogen and oxygen atoms in total. The van der Waals surface area contributed by atoms with Gasteiger partial charge in [0, 0.05) is 18.8 Å². The Bertz CT molecular complexity index is 1320. The van der Waals surface area contributed by atoms with Crippen molar-refractivity contribution >= 4 is 21.6 Å². The smallest absolute Gasteiger partial charge is 0.258 e. The van der Waals surface area contributed by atoms with E-state index in [1.165, 1.54) is 21.5 Å². The molecule has 3 aromatic rings. The zero-order valence-corrected chi connectivity index (χ0v) is 18.0. The number of anilines is 1. The van der Waals surface area contributed by atoms with Gasteiger partial charge in [-0.2, -0.15) is 4.31 Å². The van der Waals surface area contributed by atoms with E-state index in [1.807, 2.05) is 24.3 Å². The highest BCUT2D eigenvalue weighted by molar-refractivity contribution is 7.89. The maximum atomic E-state index is 14.5. The van der Waals surface area contributed by atoms with Gasteiger partial charge >= 0.3 is 0 Å². The minimum Gasteiger partial charge on any atom is -0.379 e. The molecule has 0 atom stereocenters. The SMILES string of the molecule is O=C(Nc1ccc2c(c1)Cc1ccccc1-2)c1cc(S(=O)(=O)N2CCOCC2)ccc1F. The molecule has 0 spiro atoms. The molecule has 5 rings (SSSR count). The van der Waals surface area contributed by atoms with Gasteiger partial charge in [-0.25, -0.2) is 12.8 Å². The monoisotopic (exact) mass is 452 g/mol. The third kappa shape index (κ3) is 3.70. The molecule has 8 heteroatoms. The maximum absolute atomic E-state index is 14.5. The summed E-state index contributed by atoms with van der Waals surface area (Å²) in [5, 5.41) is 2.71. The highest BCUT2D eigenvalue weighted by Crippen LogP contribution is 2.37. The van der Waals surface area contributed by atoms with Crippen molar-refractivity contribution in [3.8, 4) is 11.1 Å². The lowest BCUT2D eigenvalue weighted by molar-refractivity contribution is 0.0730. The predicted molar refractivity (Wildman–Crippen MR) is 119 cm³/mol. The van der Waals surface area contributed by atoms with Gasteiger partial charge in [-0.1, -0.05) is 30.3 Å². The quantitative estimate of drug-likeness (QED) is 0.513. The van der Waals surface area contributed by atoms with Crippen molar-refractivity contribution in [3.05, 3.63) is 83.2 Å². The van der Waals surface area contributed by atoms with Crippen LogP contribution in [0, 0.1) is 5.82 Å². The van der Waals surface area contributed by atoms with Crippen molar-refractivity contribution < 1.29 is 22.3 Å². The molecule has 0 radical (unpaired) electrons. The number of rotatable bonds is 4. The first-order valence-electron chi connectivity index (χ1n) is 10.3. The average molecular weight is 453 g/mol. The number of amides is 1. The van der Waals surface area contributed by atoms with Crippen LogP contribution in [0.5, 0.6) is 0 Å². The molecule has 1 amide bonds. The van der Waals surface area contributed by atoms with Crippen molar-refractivity contribution in [2.75, 3.05) is 31.6 Å². The Labute approximate surface area is 185 Å². The number of morpholine rings is 1. The first kappa shape index (κ1) is 20.8. The van der Waals surface area contributed by atoms with Crippen LogP contribution >= 0.6 is 0 Å². The van der Waals surface area contributed by atoms with E-state index in [-0.39, 0.29) is 23.5 Å². The van der Waals surface area contributed by atoms with Crippen LogP contribution in [0.25, 0.3) is 11.1 Å². The summed E-state index contributed by atoms with van der Waals surface area (Å²) in [6.07, 6.45) is 0.761. The van der Waals surface area contributed by atoms with E-state index in [0.717, 1.165) is 29.7 Å². The van der Waals surface area contributed by atoms with Crippen LogP contribution in [0.2, 0.25) is 0 Å². The fourth-order valence-electron chi connectivity index (χ4n) is 4.20. The molecule has 0 saturated carbocycles. The Morgan fingerprint density at radius 3 is 2.50 bits per heavy atom. The second kappa shape index (κ2) is 8.12. The van der Waals surface area contributed by atoms with Crippen LogP contribution in [0.1, 0.15) is 21.5 Å². The predicted octanol–water partition coefficient (Wildman–Crippen LogP) is 3.67. The highest BCUT2D eigenvalue weighted by Gasteiger charge is 2.28. The summed E-state index contributed by atoms with van der Waals surface area (Å²) in [7, 11) is -3.84. The summed E-state index contributed by atoms with van der Waals surface area (Å²) in [6, 6.07) is 17.0. The number of nitrogens with zero attached hydrogens (tertiary/aromatic N) is 1. The van der Waals surface area contributed by atoms with Crippen molar-refractivity contribution in [2.45, 2.75) is 11.3 Å². The molecule has 2 aliphatic rings. The van der Waals surface area contributed by atoms with Crippen LogP contribution in [-0.4, -0.2) is 44.9 Å². The van der Waals surface area contributed by atoms with Crippen LogP contribution in [0.3, 0.4) is 0 Å². The average Bonchev–Trinajstić information content (AvgIpc) is 3.17. The van der Waals surface area contributed by atoms with Crippen molar-refractivity contribution in [1.29, 1.82) is 0 Å². The number of ether oxygens (including phenoxy) is 1. The zero-order chi connectivity index (χ0) is 22.3. The molecule has 1 saturated heterocycles. The standard InChI is InChI=1S/C24H21FN2O4S/c25-23-8-6-19(32(29,30)27-9-11-31-12-10-27)15-22(23)24(28)26-18-5-7-21-17(14-18)13-16-3-1-2-4-20(16)21/h1-8,14-15H,9-13H2,(H,26,28). The van der Waals surface area contributed by atoms with E-state index >= 15 is 0 Å².